The molecule has 2 rings (SSSR count). The van der Waals surface area contributed by atoms with Gasteiger partial charge in [-0.2, -0.15) is 0 Å². The topological polar surface area (TPSA) is 71.5 Å². The van der Waals surface area contributed by atoms with Gasteiger partial charge in [0, 0.05) is 10.7 Å². The maximum Gasteiger partial charge on any atom is 0.323 e. The predicted molar refractivity (Wildman–Crippen MR) is 81.8 cm³/mol. The van der Waals surface area contributed by atoms with Crippen LogP contribution in [0.2, 0.25) is 0 Å². The Balaban J connectivity index is 1.93. The number of carbonyl (C=O) groups excluding carboxylic acids is 2. The lowest BCUT2D eigenvalue weighted by Gasteiger charge is -2.32. The van der Waals surface area contributed by atoms with Crippen molar-refractivity contribution in [1.82, 2.24) is 9.88 Å². The predicted octanol–water partition coefficient (Wildman–Crippen LogP) is 1.81. The Morgan fingerprint density at radius 1 is 1.48 bits per heavy atom. The average molecular weight is 356 g/mol. The fraction of sp³-hybridized carbons (Fsp3) is 0.500. The fourth-order valence-electron chi connectivity index (χ4n) is 2.40. The van der Waals surface area contributed by atoms with E-state index in [0.717, 1.165) is 30.3 Å². The van der Waals surface area contributed by atoms with Gasteiger partial charge in [-0.05, 0) is 47.4 Å². The fourth-order valence-corrected chi connectivity index (χ4v) is 2.63. The van der Waals surface area contributed by atoms with Gasteiger partial charge in [0.2, 0.25) is 5.91 Å². The second kappa shape index (κ2) is 7.51. The summed E-state index contributed by atoms with van der Waals surface area (Å²) in [6, 6.07) is 3.20. The molecular weight excluding hydrogens is 338 g/mol. The summed E-state index contributed by atoms with van der Waals surface area (Å²) < 4.78 is 5.65. The Bertz CT molecular complexity index is 507. The first-order valence-corrected chi connectivity index (χ1v) is 7.62. The molecule has 0 radical (unpaired) electrons. The Morgan fingerprint density at radius 2 is 2.29 bits per heavy atom. The van der Waals surface area contributed by atoms with Crippen molar-refractivity contribution in [3.05, 3.63) is 22.8 Å². The third kappa shape index (κ3) is 4.50. The van der Waals surface area contributed by atoms with E-state index in [9.17, 15) is 9.59 Å². The SMILES string of the molecule is COC(=O)[C@H]1CCCCN1CC(=O)Nc1ccc(Br)cn1. The second-order valence-electron chi connectivity index (χ2n) is 4.92. The van der Waals surface area contributed by atoms with Crippen LogP contribution in [0.15, 0.2) is 22.8 Å². The third-order valence-corrected chi connectivity index (χ3v) is 3.90. The van der Waals surface area contributed by atoms with Crippen LogP contribution in [-0.2, 0) is 14.3 Å². The molecule has 1 saturated heterocycles. The highest BCUT2D eigenvalue weighted by molar-refractivity contribution is 9.10. The molecule has 1 amide bonds. The molecule has 6 nitrogen and oxygen atoms in total. The van der Waals surface area contributed by atoms with Crippen molar-refractivity contribution >= 4 is 33.6 Å². The lowest BCUT2D eigenvalue weighted by atomic mass is 10.0. The first-order chi connectivity index (χ1) is 10.1. The number of hydrogen-bond acceptors (Lipinski definition) is 5. The Labute approximate surface area is 132 Å². The quantitative estimate of drug-likeness (QED) is 0.834. The Kier molecular flexibility index (Phi) is 5.69. The van der Waals surface area contributed by atoms with E-state index in [-0.39, 0.29) is 24.5 Å². The van der Waals surface area contributed by atoms with Crippen molar-refractivity contribution in [1.29, 1.82) is 0 Å². The number of methoxy groups -OCH3 is 1. The lowest BCUT2D eigenvalue weighted by Crippen LogP contribution is -2.48. The maximum absolute atomic E-state index is 12.1. The monoisotopic (exact) mass is 355 g/mol. The molecule has 1 aromatic rings. The molecule has 114 valence electrons. The van der Waals surface area contributed by atoms with Crippen LogP contribution in [0.4, 0.5) is 5.82 Å². The van der Waals surface area contributed by atoms with Crippen molar-refractivity contribution in [3.63, 3.8) is 0 Å². The van der Waals surface area contributed by atoms with Crippen LogP contribution in [0.1, 0.15) is 19.3 Å². The van der Waals surface area contributed by atoms with Crippen molar-refractivity contribution in [2.24, 2.45) is 0 Å². The molecule has 0 aromatic carbocycles. The summed E-state index contributed by atoms with van der Waals surface area (Å²) in [5.74, 6) is 0.0414. The number of rotatable bonds is 4. The highest BCUT2D eigenvalue weighted by Crippen LogP contribution is 2.18. The number of likely N-dealkylation sites (tertiary alicyclic amines) is 1. The van der Waals surface area contributed by atoms with Gasteiger partial charge in [0.25, 0.3) is 0 Å². The number of hydrogen-bond donors (Lipinski definition) is 1. The average Bonchev–Trinajstić information content (AvgIpc) is 2.49. The van der Waals surface area contributed by atoms with Crippen molar-refractivity contribution in [2.75, 3.05) is 25.5 Å². The van der Waals surface area contributed by atoms with Gasteiger partial charge in [0.1, 0.15) is 11.9 Å². The molecule has 0 saturated carbocycles. The first-order valence-electron chi connectivity index (χ1n) is 6.83. The van der Waals surface area contributed by atoms with E-state index in [2.05, 4.69) is 26.2 Å². The van der Waals surface area contributed by atoms with E-state index in [4.69, 9.17) is 4.74 Å². The molecule has 1 atom stereocenters. The normalized spacial score (nSPS) is 19.0. The van der Waals surface area contributed by atoms with Crippen LogP contribution in [-0.4, -0.2) is 48.0 Å². The molecule has 21 heavy (non-hydrogen) atoms. The van der Waals surface area contributed by atoms with Gasteiger partial charge in [0.15, 0.2) is 0 Å². The minimum Gasteiger partial charge on any atom is -0.468 e. The van der Waals surface area contributed by atoms with Gasteiger partial charge in [-0.15, -0.1) is 0 Å². The summed E-state index contributed by atoms with van der Waals surface area (Å²) in [4.78, 5) is 29.8. The number of aromatic nitrogens is 1. The molecule has 2 heterocycles. The number of carbonyl (C=O) groups is 2. The summed E-state index contributed by atoms with van der Waals surface area (Å²) in [5.41, 5.74) is 0. The largest absolute Gasteiger partial charge is 0.468 e. The van der Waals surface area contributed by atoms with Crippen LogP contribution in [0.3, 0.4) is 0 Å². The lowest BCUT2D eigenvalue weighted by molar-refractivity contribution is -0.148. The summed E-state index contributed by atoms with van der Waals surface area (Å²) in [7, 11) is 1.38. The van der Waals surface area contributed by atoms with Crippen LogP contribution in [0.5, 0.6) is 0 Å². The van der Waals surface area contributed by atoms with Crippen molar-refractivity contribution in [3.8, 4) is 0 Å². The number of nitrogens with one attached hydrogen (secondary N) is 1. The number of halogens is 1. The zero-order chi connectivity index (χ0) is 15.2. The van der Waals surface area contributed by atoms with E-state index in [1.165, 1.54) is 7.11 Å². The molecule has 1 fully saturated rings. The summed E-state index contributed by atoms with van der Waals surface area (Å²) in [5, 5.41) is 2.73. The Morgan fingerprint density at radius 3 is 2.95 bits per heavy atom. The first kappa shape index (κ1) is 15.9. The van der Waals surface area contributed by atoms with E-state index in [0.29, 0.717) is 5.82 Å². The van der Waals surface area contributed by atoms with E-state index in [1.54, 1.807) is 18.3 Å². The van der Waals surface area contributed by atoms with Gasteiger partial charge >= 0.3 is 5.97 Å². The molecule has 1 aliphatic rings. The molecule has 0 spiro atoms. The van der Waals surface area contributed by atoms with Gasteiger partial charge in [0.05, 0.1) is 13.7 Å². The standard InChI is InChI=1S/C14H18BrN3O3/c1-21-14(20)11-4-2-3-7-18(11)9-13(19)17-12-6-5-10(15)8-16-12/h5-6,8,11H,2-4,7,9H2,1H3,(H,16,17,19)/t11-/m1/s1. The molecule has 1 aromatic heterocycles. The molecule has 7 heteroatoms. The Hall–Kier alpha value is -1.47. The van der Waals surface area contributed by atoms with Gasteiger partial charge < -0.3 is 10.1 Å². The molecule has 1 N–H and O–H groups in total. The molecule has 0 aliphatic carbocycles. The van der Waals surface area contributed by atoms with Crippen LogP contribution >= 0.6 is 15.9 Å². The van der Waals surface area contributed by atoms with E-state index >= 15 is 0 Å². The summed E-state index contributed by atoms with van der Waals surface area (Å²) >= 11 is 3.29. The number of anilines is 1. The van der Waals surface area contributed by atoms with Crippen LogP contribution in [0.25, 0.3) is 0 Å². The number of pyridine rings is 1. The van der Waals surface area contributed by atoms with Gasteiger partial charge in [-0.3, -0.25) is 14.5 Å². The molecule has 0 unspecified atom stereocenters. The number of esters is 1. The van der Waals surface area contributed by atoms with E-state index < -0.39 is 0 Å². The highest BCUT2D eigenvalue weighted by atomic mass is 79.9. The minimum absolute atomic E-state index is 0.164. The second-order valence-corrected chi connectivity index (χ2v) is 5.83. The molecule has 1 aliphatic heterocycles. The number of amides is 1. The molecule has 0 bridgehead atoms. The van der Waals surface area contributed by atoms with Gasteiger partial charge in [-0.1, -0.05) is 6.42 Å². The highest BCUT2D eigenvalue weighted by Gasteiger charge is 2.30. The van der Waals surface area contributed by atoms with Crippen molar-refractivity contribution < 1.29 is 14.3 Å². The summed E-state index contributed by atoms with van der Waals surface area (Å²) in [6.07, 6.45) is 4.31. The van der Waals surface area contributed by atoms with E-state index in [1.807, 2.05) is 4.90 Å². The molecular formula is C14H18BrN3O3. The van der Waals surface area contributed by atoms with Crippen molar-refractivity contribution in [2.45, 2.75) is 25.3 Å². The zero-order valence-electron chi connectivity index (χ0n) is 11.8. The number of piperidine rings is 1. The maximum atomic E-state index is 12.1. The van der Waals surface area contributed by atoms with Crippen LogP contribution < -0.4 is 5.32 Å². The van der Waals surface area contributed by atoms with Gasteiger partial charge in [-0.25, -0.2) is 4.98 Å². The smallest absolute Gasteiger partial charge is 0.323 e. The summed E-state index contributed by atoms with van der Waals surface area (Å²) in [6.45, 7) is 0.887. The minimum atomic E-state index is -0.327. The number of nitrogens with zero attached hydrogens (tertiary/aromatic N) is 2. The third-order valence-electron chi connectivity index (χ3n) is 3.43. The number of ether oxygens (including phenoxy) is 1. The zero-order valence-corrected chi connectivity index (χ0v) is 13.4. The van der Waals surface area contributed by atoms with Crippen LogP contribution in [0, 0.1) is 0 Å².